The number of carbonyl (C=O) groups is 1. The van der Waals surface area contributed by atoms with Crippen molar-refractivity contribution in [1.29, 1.82) is 0 Å². The van der Waals surface area contributed by atoms with Gasteiger partial charge in [-0.3, -0.25) is 9.78 Å². The van der Waals surface area contributed by atoms with E-state index in [1.54, 1.807) is 18.6 Å². The van der Waals surface area contributed by atoms with Crippen LogP contribution in [0.4, 0.5) is 5.95 Å². The van der Waals surface area contributed by atoms with E-state index in [4.69, 9.17) is 16.0 Å². The van der Waals surface area contributed by atoms with Crippen LogP contribution in [0.5, 0.6) is 0 Å². The van der Waals surface area contributed by atoms with Crippen molar-refractivity contribution < 1.29 is 9.32 Å². The summed E-state index contributed by atoms with van der Waals surface area (Å²) in [4.78, 5) is 28.5. The lowest BCUT2D eigenvalue weighted by molar-refractivity contribution is -0.113. The van der Waals surface area contributed by atoms with E-state index in [9.17, 15) is 4.79 Å². The molecule has 1 fully saturated rings. The minimum Gasteiger partial charge on any atom is -0.368 e. The lowest BCUT2D eigenvalue weighted by atomic mass is 9.64. The average Bonchev–Trinajstić information content (AvgIpc) is 3.44. The highest BCUT2D eigenvalue weighted by Gasteiger charge is 2.45. The van der Waals surface area contributed by atoms with E-state index < -0.39 is 5.91 Å². The van der Waals surface area contributed by atoms with E-state index in [0.717, 1.165) is 36.1 Å². The maximum atomic E-state index is 11.3. The third-order valence-corrected chi connectivity index (χ3v) is 5.74. The normalized spacial score (nSPS) is 14.6. The fraction of sp³-hybridized carbons (Fsp3) is 0.190. The molecule has 4 aromatic heterocycles. The molecule has 11 nitrogen and oxygen atoms in total. The number of amides is 1. The van der Waals surface area contributed by atoms with Crippen molar-refractivity contribution in [2.24, 2.45) is 5.73 Å². The van der Waals surface area contributed by atoms with Crippen molar-refractivity contribution in [2.75, 3.05) is 5.73 Å². The lowest BCUT2D eigenvalue weighted by Gasteiger charge is -2.39. The number of hydrogen-bond donors (Lipinski definition) is 2. The quantitative estimate of drug-likeness (QED) is 0.435. The van der Waals surface area contributed by atoms with Crippen LogP contribution in [-0.2, 0) is 10.2 Å². The molecule has 0 saturated heterocycles. The Hall–Kier alpha value is -4.41. The summed E-state index contributed by atoms with van der Waals surface area (Å²) in [6, 6.07) is 3.94. The molecule has 11 heteroatoms. The first-order chi connectivity index (χ1) is 15.5. The first-order valence-electron chi connectivity index (χ1n) is 9.89. The summed E-state index contributed by atoms with van der Waals surface area (Å²) in [5.41, 5.74) is 13.6. The third kappa shape index (κ3) is 3.20. The summed E-state index contributed by atoms with van der Waals surface area (Å²) in [5, 5.41) is 8.33. The van der Waals surface area contributed by atoms with Gasteiger partial charge in [0.1, 0.15) is 5.70 Å². The molecular formula is C21H19N9O2. The number of carbonyl (C=O) groups excluding carboxylic acids is 1. The Morgan fingerprint density at radius 3 is 2.50 bits per heavy atom. The molecule has 1 aliphatic rings. The second-order valence-electron chi connectivity index (χ2n) is 7.61. The Morgan fingerprint density at radius 2 is 1.88 bits per heavy atom. The Bertz CT molecular complexity index is 1300. The topological polar surface area (TPSA) is 165 Å². The summed E-state index contributed by atoms with van der Waals surface area (Å²) in [6.07, 6.45) is 11.0. The molecular weight excluding hydrogens is 410 g/mol. The van der Waals surface area contributed by atoms with Crippen LogP contribution >= 0.6 is 0 Å². The van der Waals surface area contributed by atoms with Gasteiger partial charge in [0.25, 0.3) is 11.8 Å². The van der Waals surface area contributed by atoms with Crippen molar-refractivity contribution >= 4 is 17.6 Å². The maximum Gasteiger partial charge on any atom is 0.266 e. The number of anilines is 1. The van der Waals surface area contributed by atoms with Crippen LogP contribution in [0, 0.1) is 0 Å². The van der Waals surface area contributed by atoms with Crippen LogP contribution in [0.1, 0.15) is 30.7 Å². The second-order valence-corrected chi connectivity index (χ2v) is 7.61. The number of nitrogens with two attached hydrogens (primary N) is 2. The number of hydrogen-bond acceptors (Lipinski definition) is 9. The van der Waals surface area contributed by atoms with E-state index >= 15 is 0 Å². The van der Waals surface area contributed by atoms with Gasteiger partial charge in [0.2, 0.25) is 5.95 Å². The molecule has 0 aromatic carbocycles. The van der Waals surface area contributed by atoms with Gasteiger partial charge in [-0.05, 0) is 24.5 Å². The molecule has 1 saturated carbocycles. The molecule has 1 amide bonds. The van der Waals surface area contributed by atoms with E-state index in [-0.39, 0.29) is 17.1 Å². The molecule has 160 valence electrons. The Labute approximate surface area is 182 Å². The van der Waals surface area contributed by atoms with Crippen molar-refractivity contribution in [1.82, 2.24) is 34.9 Å². The van der Waals surface area contributed by atoms with Crippen LogP contribution in [0.3, 0.4) is 0 Å². The summed E-state index contributed by atoms with van der Waals surface area (Å²) in [6.45, 7) is 3.61. The molecule has 0 radical (unpaired) electrons. The first kappa shape index (κ1) is 19.5. The average molecular weight is 429 g/mol. The zero-order chi connectivity index (χ0) is 22.3. The lowest BCUT2D eigenvalue weighted by Crippen LogP contribution is -2.36. The first-order valence-corrected chi connectivity index (χ1v) is 9.89. The highest BCUT2D eigenvalue weighted by atomic mass is 16.5. The van der Waals surface area contributed by atoms with Gasteiger partial charge in [-0.1, -0.05) is 24.2 Å². The molecule has 0 unspecified atom stereocenters. The maximum absolute atomic E-state index is 11.3. The fourth-order valence-electron chi connectivity index (χ4n) is 3.72. The molecule has 0 aliphatic heterocycles. The monoisotopic (exact) mass is 429 g/mol. The van der Waals surface area contributed by atoms with Gasteiger partial charge >= 0.3 is 0 Å². The van der Waals surface area contributed by atoms with E-state index in [2.05, 4.69) is 36.8 Å². The smallest absolute Gasteiger partial charge is 0.266 e. The minimum atomic E-state index is -0.666. The molecule has 0 bridgehead atoms. The second kappa shape index (κ2) is 7.38. The van der Waals surface area contributed by atoms with Gasteiger partial charge in [-0.15, -0.1) is 0 Å². The molecule has 5 rings (SSSR count). The van der Waals surface area contributed by atoms with E-state index in [0.29, 0.717) is 17.3 Å². The molecule has 4 aromatic rings. The predicted octanol–water partition coefficient (Wildman–Crippen LogP) is 1.79. The standard InChI is InChI=1S/C21H19N9O2/c1-12(17(22)31)30-11-14(9-27-30)18-28-19(29-32-18)21(5-2-6-21)15-3-4-16(24-10-15)13-7-25-20(23)26-8-13/h3-4,7-11H,1-2,5-6H2,(H2,22,31)(H2,23,25,26). The Balaban J connectivity index is 1.43. The van der Waals surface area contributed by atoms with E-state index in [1.807, 2.05) is 18.3 Å². The van der Waals surface area contributed by atoms with Gasteiger partial charge in [0.15, 0.2) is 5.82 Å². The van der Waals surface area contributed by atoms with Crippen LogP contribution in [0.2, 0.25) is 0 Å². The van der Waals surface area contributed by atoms with Crippen molar-refractivity contribution in [3.8, 4) is 22.7 Å². The number of aromatic nitrogens is 7. The molecule has 1 aliphatic carbocycles. The third-order valence-electron chi connectivity index (χ3n) is 5.74. The Morgan fingerprint density at radius 1 is 1.09 bits per heavy atom. The van der Waals surface area contributed by atoms with Crippen molar-refractivity contribution in [3.05, 3.63) is 61.1 Å². The zero-order valence-corrected chi connectivity index (χ0v) is 17.0. The van der Waals surface area contributed by atoms with Gasteiger partial charge in [-0.2, -0.15) is 10.1 Å². The summed E-state index contributed by atoms with van der Waals surface area (Å²) >= 11 is 0. The summed E-state index contributed by atoms with van der Waals surface area (Å²) in [7, 11) is 0. The van der Waals surface area contributed by atoms with Crippen molar-refractivity contribution in [3.63, 3.8) is 0 Å². The number of nitrogen functional groups attached to an aromatic ring is 1. The van der Waals surface area contributed by atoms with Crippen LogP contribution in [0.15, 0.2) is 54.2 Å². The van der Waals surface area contributed by atoms with E-state index in [1.165, 1.54) is 10.9 Å². The molecule has 4 heterocycles. The van der Waals surface area contributed by atoms with Crippen molar-refractivity contribution in [2.45, 2.75) is 24.7 Å². The number of pyridine rings is 1. The number of nitrogens with zero attached hydrogens (tertiary/aromatic N) is 7. The van der Waals surface area contributed by atoms with Gasteiger partial charge in [-0.25, -0.2) is 14.6 Å². The number of primary amides is 1. The molecule has 32 heavy (non-hydrogen) atoms. The summed E-state index contributed by atoms with van der Waals surface area (Å²) in [5.74, 6) is 0.445. The van der Waals surface area contributed by atoms with Gasteiger partial charge in [0, 0.05) is 30.4 Å². The Kier molecular flexibility index (Phi) is 4.51. The molecule has 0 atom stereocenters. The van der Waals surface area contributed by atoms with Crippen LogP contribution < -0.4 is 11.5 Å². The highest BCUT2D eigenvalue weighted by Crippen LogP contribution is 2.48. The van der Waals surface area contributed by atoms with Gasteiger partial charge < -0.3 is 16.0 Å². The largest absolute Gasteiger partial charge is 0.368 e. The predicted molar refractivity (Wildman–Crippen MR) is 114 cm³/mol. The van der Waals surface area contributed by atoms with Crippen LogP contribution in [0.25, 0.3) is 28.4 Å². The molecule has 4 N–H and O–H groups in total. The number of rotatable bonds is 6. The molecule has 0 spiro atoms. The zero-order valence-electron chi connectivity index (χ0n) is 17.0. The summed E-state index contributed by atoms with van der Waals surface area (Å²) < 4.78 is 6.78. The SMILES string of the molecule is C=C(C(N)=O)n1cc(-c2nc(C3(c4ccc(-c5cnc(N)nc5)nc4)CCC3)no2)cn1. The van der Waals surface area contributed by atoms with Gasteiger partial charge in [0.05, 0.1) is 22.9 Å². The fourth-order valence-corrected chi connectivity index (χ4v) is 3.72. The minimum absolute atomic E-state index is 0.0455. The highest BCUT2D eigenvalue weighted by molar-refractivity contribution is 6.11. The van der Waals surface area contributed by atoms with Crippen LogP contribution in [-0.4, -0.2) is 40.8 Å².